The summed E-state index contributed by atoms with van der Waals surface area (Å²) in [4.78, 5) is 11.6. The standard InChI is InChI=1S/C11H14Br2O2/c12-11(13)8-2-6-1-7(3-8)5-10(11,4-6)9(14)15/h6-8H,1-5H2,(H,14,15)/t6-,7-,8?,10?/m0/s1. The summed E-state index contributed by atoms with van der Waals surface area (Å²) in [6, 6.07) is 0. The van der Waals surface area contributed by atoms with Crippen LogP contribution in [-0.2, 0) is 4.79 Å². The highest BCUT2D eigenvalue weighted by Gasteiger charge is 2.67. The number of aliphatic carboxylic acids is 1. The van der Waals surface area contributed by atoms with E-state index in [-0.39, 0.29) is 3.23 Å². The van der Waals surface area contributed by atoms with Gasteiger partial charge in [0.1, 0.15) is 0 Å². The molecular formula is C11H14Br2O2. The van der Waals surface area contributed by atoms with E-state index in [1.54, 1.807) is 0 Å². The van der Waals surface area contributed by atoms with Gasteiger partial charge >= 0.3 is 5.97 Å². The minimum atomic E-state index is -0.615. The first kappa shape index (κ1) is 10.6. The van der Waals surface area contributed by atoms with Crippen LogP contribution in [0.5, 0.6) is 0 Å². The van der Waals surface area contributed by atoms with Crippen LogP contribution in [0.25, 0.3) is 0 Å². The van der Waals surface area contributed by atoms with Gasteiger partial charge in [0.25, 0.3) is 0 Å². The lowest BCUT2D eigenvalue weighted by molar-refractivity contribution is -0.164. The average Bonchev–Trinajstić information content (AvgIpc) is 2.13. The first-order valence-corrected chi connectivity index (χ1v) is 7.15. The van der Waals surface area contributed by atoms with Gasteiger partial charge in [0.15, 0.2) is 0 Å². The summed E-state index contributed by atoms with van der Waals surface area (Å²) in [5, 5.41) is 9.55. The summed E-state index contributed by atoms with van der Waals surface area (Å²) in [5.74, 6) is 1.19. The van der Waals surface area contributed by atoms with Crippen molar-refractivity contribution in [3.63, 3.8) is 0 Å². The molecule has 0 aromatic carbocycles. The largest absolute Gasteiger partial charge is 0.481 e. The zero-order chi connectivity index (χ0) is 10.8. The summed E-state index contributed by atoms with van der Waals surface area (Å²) < 4.78 is -0.355. The van der Waals surface area contributed by atoms with E-state index in [1.165, 1.54) is 19.3 Å². The summed E-state index contributed by atoms with van der Waals surface area (Å²) in [6.45, 7) is 0. The molecule has 0 aromatic rings. The summed E-state index contributed by atoms with van der Waals surface area (Å²) >= 11 is 7.35. The van der Waals surface area contributed by atoms with Crippen molar-refractivity contribution in [3.8, 4) is 0 Å². The number of hydrogen-bond acceptors (Lipinski definition) is 1. The maximum atomic E-state index is 11.6. The van der Waals surface area contributed by atoms with E-state index >= 15 is 0 Å². The molecule has 0 unspecified atom stereocenters. The van der Waals surface area contributed by atoms with Crippen molar-refractivity contribution in [1.82, 2.24) is 0 Å². The van der Waals surface area contributed by atoms with Crippen LogP contribution in [0.4, 0.5) is 0 Å². The number of rotatable bonds is 1. The third-order valence-electron chi connectivity index (χ3n) is 4.74. The van der Waals surface area contributed by atoms with Crippen LogP contribution < -0.4 is 0 Å². The summed E-state index contributed by atoms with van der Waals surface area (Å²) in [5.41, 5.74) is -0.554. The van der Waals surface area contributed by atoms with E-state index in [4.69, 9.17) is 0 Å². The van der Waals surface area contributed by atoms with Gasteiger partial charge in [-0.1, -0.05) is 31.9 Å². The lowest BCUT2D eigenvalue weighted by atomic mass is 9.49. The van der Waals surface area contributed by atoms with Gasteiger partial charge < -0.3 is 5.11 Å². The molecule has 4 saturated carbocycles. The molecule has 4 fully saturated rings. The summed E-state index contributed by atoms with van der Waals surface area (Å²) in [6.07, 6.45) is 5.36. The van der Waals surface area contributed by atoms with Crippen LogP contribution in [0.1, 0.15) is 32.1 Å². The van der Waals surface area contributed by atoms with Crippen molar-refractivity contribution in [2.45, 2.75) is 35.3 Å². The lowest BCUT2D eigenvalue weighted by Gasteiger charge is -2.61. The number of halogens is 2. The van der Waals surface area contributed by atoms with Crippen LogP contribution in [-0.4, -0.2) is 14.3 Å². The van der Waals surface area contributed by atoms with E-state index in [2.05, 4.69) is 31.9 Å². The Balaban J connectivity index is 2.08. The Hall–Kier alpha value is 0.430. The fourth-order valence-corrected chi connectivity index (χ4v) is 5.98. The minimum absolute atomic E-state index is 0.355. The quantitative estimate of drug-likeness (QED) is 0.745. The molecule has 0 heterocycles. The van der Waals surface area contributed by atoms with Crippen molar-refractivity contribution in [2.75, 3.05) is 0 Å². The van der Waals surface area contributed by atoms with E-state index < -0.39 is 11.4 Å². The van der Waals surface area contributed by atoms with Gasteiger partial charge in [0.2, 0.25) is 0 Å². The maximum absolute atomic E-state index is 11.6. The first-order chi connectivity index (χ1) is 6.96. The van der Waals surface area contributed by atoms with Crippen molar-refractivity contribution in [2.24, 2.45) is 23.2 Å². The van der Waals surface area contributed by atoms with Crippen LogP contribution in [0, 0.1) is 23.2 Å². The molecule has 4 aliphatic rings. The molecule has 0 spiro atoms. The number of carbonyl (C=O) groups is 1. The zero-order valence-electron chi connectivity index (χ0n) is 8.38. The normalized spacial score (nSPS) is 50.7. The Bertz CT molecular complexity index is 313. The average molecular weight is 338 g/mol. The highest BCUT2D eigenvalue weighted by molar-refractivity contribution is 9.25. The predicted molar refractivity (Wildman–Crippen MR) is 64.2 cm³/mol. The molecule has 84 valence electrons. The van der Waals surface area contributed by atoms with Crippen molar-refractivity contribution in [3.05, 3.63) is 0 Å². The second-order valence-corrected chi connectivity index (χ2v) is 9.12. The molecule has 4 heteroatoms. The zero-order valence-corrected chi connectivity index (χ0v) is 11.6. The molecule has 1 N–H and O–H groups in total. The Kier molecular flexibility index (Phi) is 2.12. The van der Waals surface area contributed by atoms with Gasteiger partial charge in [0, 0.05) is 0 Å². The van der Waals surface area contributed by atoms with Gasteiger partial charge in [-0.15, -0.1) is 0 Å². The van der Waals surface area contributed by atoms with Crippen LogP contribution in [0.15, 0.2) is 0 Å². The van der Waals surface area contributed by atoms with Crippen molar-refractivity contribution in [1.29, 1.82) is 0 Å². The molecule has 15 heavy (non-hydrogen) atoms. The topological polar surface area (TPSA) is 37.3 Å². The Morgan fingerprint density at radius 2 is 1.67 bits per heavy atom. The van der Waals surface area contributed by atoms with Crippen molar-refractivity contribution < 1.29 is 9.90 Å². The fourth-order valence-electron chi connectivity index (χ4n) is 4.24. The SMILES string of the molecule is O=C(O)C12C[C@@H]3CC(C[C@H](C3)C1)C2(Br)Br. The monoisotopic (exact) mass is 336 g/mol. The van der Waals surface area contributed by atoms with E-state index in [0.717, 1.165) is 12.8 Å². The van der Waals surface area contributed by atoms with Crippen LogP contribution in [0.3, 0.4) is 0 Å². The van der Waals surface area contributed by atoms with Gasteiger partial charge in [-0.25, -0.2) is 0 Å². The maximum Gasteiger partial charge on any atom is 0.311 e. The molecule has 4 rings (SSSR count). The predicted octanol–water partition coefficient (Wildman–Crippen LogP) is 3.38. The molecule has 4 aliphatic carbocycles. The second-order valence-electron chi connectivity index (χ2n) is 5.55. The molecule has 0 saturated heterocycles. The van der Waals surface area contributed by atoms with Gasteiger partial charge in [-0.3, -0.25) is 4.79 Å². The molecule has 4 bridgehead atoms. The number of alkyl halides is 2. The first-order valence-electron chi connectivity index (χ1n) is 5.57. The van der Waals surface area contributed by atoms with Crippen molar-refractivity contribution >= 4 is 37.8 Å². The highest BCUT2D eigenvalue weighted by Crippen LogP contribution is 2.69. The number of carboxylic acids is 1. The lowest BCUT2D eigenvalue weighted by Crippen LogP contribution is -2.61. The molecule has 2 atom stereocenters. The van der Waals surface area contributed by atoms with Gasteiger partial charge in [-0.05, 0) is 49.9 Å². The molecule has 2 nitrogen and oxygen atoms in total. The fraction of sp³-hybridized carbons (Fsp3) is 0.909. The number of hydrogen-bond donors (Lipinski definition) is 1. The smallest absolute Gasteiger partial charge is 0.311 e. The van der Waals surface area contributed by atoms with E-state index in [0.29, 0.717) is 17.8 Å². The van der Waals surface area contributed by atoms with E-state index in [1.807, 2.05) is 0 Å². The number of carboxylic acid groups (broad SMARTS) is 1. The Morgan fingerprint density at radius 3 is 2.13 bits per heavy atom. The van der Waals surface area contributed by atoms with Gasteiger partial charge in [-0.2, -0.15) is 0 Å². The summed E-state index contributed by atoms with van der Waals surface area (Å²) in [7, 11) is 0. The molecular weight excluding hydrogens is 324 g/mol. The van der Waals surface area contributed by atoms with Crippen LogP contribution >= 0.6 is 31.9 Å². The minimum Gasteiger partial charge on any atom is -0.481 e. The Morgan fingerprint density at radius 1 is 1.13 bits per heavy atom. The third-order valence-corrected chi connectivity index (χ3v) is 7.55. The second kappa shape index (κ2) is 3.00. The molecule has 0 aromatic heterocycles. The van der Waals surface area contributed by atoms with E-state index in [9.17, 15) is 9.90 Å². The van der Waals surface area contributed by atoms with Crippen LogP contribution in [0.2, 0.25) is 0 Å². The highest BCUT2D eigenvalue weighted by atomic mass is 79.9. The van der Waals surface area contributed by atoms with Gasteiger partial charge in [0.05, 0.1) is 8.65 Å². The third kappa shape index (κ3) is 1.18. The molecule has 0 aliphatic heterocycles. The molecule has 0 radical (unpaired) electrons. The molecule has 0 amide bonds. The Labute approximate surface area is 106 Å².